The zero-order chi connectivity index (χ0) is 25.1. The average molecular weight is 496 g/mol. The van der Waals surface area contributed by atoms with Gasteiger partial charge in [-0.15, -0.1) is 0 Å². The Labute approximate surface area is 208 Å². The quantitative estimate of drug-likeness (QED) is 0.384. The molecule has 0 unspecified atom stereocenters. The van der Waals surface area contributed by atoms with E-state index in [0.29, 0.717) is 42.3 Å². The van der Waals surface area contributed by atoms with Gasteiger partial charge in [0, 0.05) is 36.6 Å². The number of halogens is 3. The molecule has 1 saturated carbocycles. The third kappa shape index (κ3) is 5.62. The number of benzene rings is 2. The van der Waals surface area contributed by atoms with Gasteiger partial charge in [-0.25, -0.2) is 9.97 Å². The maximum Gasteiger partial charge on any atom is 0.416 e. The summed E-state index contributed by atoms with van der Waals surface area (Å²) in [6.45, 7) is 5.39. The number of anilines is 2. The first-order valence-corrected chi connectivity index (χ1v) is 12.1. The number of hydrogen-bond donors (Lipinski definition) is 2. The second-order valence-electron chi connectivity index (χ2n) is 9.15. The lowest BCUT2D eigenvalue weighted by atomic mass is 10.1. The lowest BCUT2D eigenvalue weighted by molar-refractivity contribution is -0.137. The van der Waals surface area contributed by atoms with Gasteiger partial charge in [0.05, 0.1) is 11.3 Å². The van der Waals surface area contributed by atoms with Crippen molar-refractivity contribution in [2.75, 3.05) is 16.8 Å². The summed E-state index contributed by atoms with van der Waals surface area (Å²) in [5, 5.41) is 6.55. The van der Waals surface area contributed by atoms with E-state index in [1.807, 2.05) is 29.2 Å². The van der Waals surface area contributed by atoms with Crippen LogP contribution in [0.5, 0.6) is 11.6 Å². The van der Waals surface area contributed by atoms with E-state index in [1.54, 1.807) is 6.07 Å². The van der Waals surface area contributed by atoms with Crippen LogP contribution in [-0.2, 0) is 19.1 Å². The maximum absolute atomic E-state index is 13.0. The summed E-state index contributed by atoms with van der Waals surface area (Å²) in [4.78, 5) is 10.5. The van der Waals surface area contributed by atoms with Crippen LogP contribution in [-0.4, -0.2) is 22.6 Å². The summed E-state index contributed by atoms with van der Waals surface area (Å²) in [5.41, 5.74) is 2.53. The van der Waals surface area contributed by atoms with E-state index in [9.17, 15) is 13.2 Å². The molecule has 9 heteroatoms. The molecule has 2 heterocycles. The molecule has 0 bridgehead atoms. The van der Waals surface area contributed by atoms with Crippen LogP contribution in [0, 0.1) is 0 Å². The van der Waals surface area contributed by atoms with Gasteiger partial charge in [-0.3, -0.25) is 0 Å². The van der Waals surface area contributed by atoms with Crippen molar-refractivity contribution in [2.45, 2.75) is 50.9 Å². The molecule has 0 radical (unpaired) electrons. The first kappa shape index (κ1) is 24.1. The molecule has 188 valence electrons. The molecule has 1 fully saturated rings. The molecule has 1 aromatic heterocycles. The molecular formula is C27H28F3N5O. The summed E-state index contributed by atoms with van der Waals surface area (Å²) in [5.74, 6) is 1.66. The van der Waals surface area contributed by atoms with E-state index in [0.717, 1.165) is 35.5 Å². The second kappa shape index (κ2) is 10.2. The van der Waals surface area contributed by atoms with Crippen molar-refractivity contribution in [3.63, 3.8) is 0 Å². The molecule has 2 aromatic carbocycles. The summed E-state index contributed by atoms with van der Waals surface area (Å²) in [7, 11) is 0. The van der Waals surface area contributed by atoms with Crippen molar-refractivity contribution in [2.24, 2.45) is 0 Å². The van der Waals surface area contributed by atoms with Crippen LogP contribution >= 0.6 is 0 Å². The van der Waals surface area contributed by atoms with Crippen LogP contribution in [0.1, 0.15) is 42.5 Å². The molecule has 2 N–H and O–H groups in total. The Hall–Kier alpha value is -3.59. The largest absolute Gasteiger partial charge is 0.439 e. The molecule has 1 aliphatic carbocycles. The van der Waals surface area contributed by atoms with Gasteiger partial charge < -0.3 is 20.3 Å². The number of alkyl halides is 3. The van der Waals surface area contributed by atoms with Crippen molar-refractivity contribution in [1.82, 2.24) is 15.3 Å². The normalized spacial score (nSPS) is 15.7. The fraction of sp³-hybridized carbons (Fsp3) is 0.333. The minimum absolute atomic E-state index is 0.338. The number of nitrogens with zero attached hydrogens (tertiary/aromatic N) is 3. The first-order valence-electron chi connectivity index (χ1n) is 12.1. The standard InChI is InChI=1S/C27H28F3N5O/c1-18(34-22-8-4-5-20(14-22)27(28,29)30)35-12-11-19-13-24(9-10-25(19)35)36-26-15-23(32-17-33-26)16-31-21-6-2-3-7-21/h4-5,8-10,13-15,17,21,31,34H,1-3,6-7,11-12,16H2. The van der Waals surface area contributed by atoms with E-state index in [1.165, 1.54) is 38.1 Å². The van der Waals surface area contributed by atoms with Gasteiger partial charge in [0.1, 0.15) is 17.9 Å². The minimum Gasteiger partial charge on any atom is -0.439 e. The predicted octanol–water partition coefficient (Wildman–Crippen LogP) is 6.27. The molecule has 0 spiro atoms. The fourth-order valence-corrected chi connectivity index (χ4v) is 4.76. The highest BCUT2D eigenvalue weighted by Crippen LogP contribution is 2.36. The van der Waals surface area contributed by atoms with Crippen LogP contribution in [0.2, 0.25) is 0 Å². The molecule has 0 atom stereocenters. The van der Waals surface area contributed by atoms with Gasteiger partial charge in [-0.05, 0) is 61.2 Å². The number of nitrogens with one attached hydrogen (secondary N) is 2. The summed E-state index contributed by atoms with van der Waals surface area (Å²) < 4.78 is 45.1. The summed E-state index contributed by atoms with van der Waals surface area (Å²) >= 11 is 0. The van der Waals surface area contributed by atoms with E-state index in [-0.39, 0.29) is 0 Å². The SMILES string of the molecule is C=C(Nc1cccc(C(F)(F)F)c1)N1CCc2cc(Oc3cc(CNC4CCCC4)ncn3)ccc21. The maximum atomic E-state index is 13.0. The Kier molecular flexibility index (Phi) is 6.82. The Balaban J connectivity index is 1.23. The fourth-order valence-electron chi connectivity index (χ4n) is 4.76. The van der Waals surface area contributed by atoms with Crippen molar-refractivity contribution in [3.8, 4) is 11.6 Å². The highest BCUT2D eigenvalue weighted by molar-refractivity contribution is 5.66. The number of fused-ring (bicyclic) bond motifs is 1. The van der Waals surface area contributed by atoms with E-state index < -0.39 is 11.7 Å². The lowest BCUT2D eigenvalue weighted by Gasteiger charge is -2.23. The van der Waals surface area contributed by atoms with Crippen LogP contribution in [0.4, 0.5) is 24.5 Å². The van der Waals surface area contributed by atoms with Gasteiger partial charge in [0.15, 0.2) is 0 Å². The molecule has 1 aliphatic heterocycles. The number of aromatic nitrogens is 2. The number of hydrogen-bond acceptors (Lipinski definition) is 6. The van der Waals surface area contributed by atoms with Crippen molar-refractivity contribution in [3.05, 3.63) is 84.1 Å². The molecular weight excluding hydrogens is 467 g/mol. The van der Waals surface area contributed by atoms with Crippen molar-refractivity contribution >= 4 is 11.4 Å². The summed E-state index contributed by atoms with van der Waals surface area (Å²) in [6, 6.07) is 13.3. The molecule has 6 nitrogen and oxygen atoms in total. The minimum atomic E-state index is -4.40. The molecule has 0 saturated heterocycles. The topological polar surface area (TPSA) is 62.3 Å². The monoisotopic (exact) mass is 495 g/mol. The highest BCUT2D eigenvalue weighted by Gasteiger charge is 2.30. The van der Waals surface area contributed by atoms with Crippen molar-refractivity contribution in [1.29, 1.82) is 0 Å². The van der Waals surface area contributed by atoms with Gasteiger partial charge >= 0.3 is 6.18 Å². The third-order valence-electron chi connectivity index (χ3n) is 6.60. The number of rotatable bonds is 8. The highest BCUT2D eigenvalue weighted by atomic mass is 19.4. The average Bonchev–Trinajstić information content (AvgIpc) is 3.52. The van der Waals surface area contributed by atoms with E-state index in [4.69, 9.17) is 4.74 Å². The van der Waals surface area contributed by atoms with Gasteiger partial charge in [-0.2, -0.15) is 13.2 Å². The van der Waals surface area contributed by atoms with Gasteiger partial charge in [-0.1, -0.05) is 25.5 Å². The van der Waals surface area contributed by atoms with Gasteiger partial charge in [0.25, 0.3) is 0 Å². The van der Waals surface area contributed by atoms with E-state index >= 15 is 0 Å². The smallest absolute Gasteiger partial charge is 0.416 e. The Morgan fingerprint density at radius 3 is 2.72 bits per heavy atom. The van der Waals surface area contributed by atoms with Crippen LogP contribution in [0.15, 0.2) is 67.3 Å². The molecule has 5 rings (SSSR count). The predicted molar refractivity (Wildman–Crippen MR) is 133 cm³/mol. The third-order valence-corrected chi connectivity index (χ3v) is 6.60. The van der Waals surface area contributed by atoms with Crippen LogP contribution in [0.3, 0.4) is 0 Å². The summed E-state index contributed by atoms with van der Waals surface area (Å²) in [6.07, 6.45) is 2.85. The van der Waals surface area contributed by atoms with Gasteiger partial charge in [0.2, 0.25) is 5.88 Å². The Morgan fingerprint density at radius 1 is 1.08 bits per heavy atom. The molecule has 2 aliphatic rings. The molecule has 0 amide bonds. The zero-order valence-corrected chi connectivity index (χ0v) is 19.8. The Morgan fingerprint density at radius 2 is 1.92 bits per heavy atom. The molecule has 3 aromatic rings. The zero-order valence-electron chi connectivity index (χ0n) is 19.8. The lowest BCUT2D eigenvalue weighted by Crippen LogP contribution is -2.25. The number of ether oxygens (including phenoxy) is 1. The first-order chi connectivity index (χ1) is 17.3. The van der Waals surface area contributed by atoms with Crippen LogP contribution < -0.4 is 20.3 Å². The van der Waals surface area contributed by atoms with Crippen LogP contribution in [0.25, 0.3) is 0 Å². The van der Waals surface area contributed by atoms with E-state index in [2.05, 4.69) is 27.2 Å². The second-order valence-corrected chi connectivity index (χ2v) is 9.15. The van der Waals surface area contributed by atoms with Crippen molar-refractivity contribution < 1.29 is 17.9 Å². The molecule has 36 heavy (non-hydrogen) atoms. The Bertz CT molecular complexity index is 1240.